The molecule has 19 heavy (non-hydrogen) atoms. The highest BCUT2D eigenvalue weighted by molar-refractivity contribution is 7.13. The summed E-state index contributed by atoms with van der Waals surface area (Å²) in [5.41, 5.74) is 0.103. The van der Waals surface area contributed by atoms with E-state index in [1.165, 1.54) is 37.0 Å². The molecule has 0 aliphatic heterocycles. The number of hydrogen-bond donors (Lipinski definition) is 1. The smallest absolute Gasteiger partial charge is 0.294 e. The molecule has 0 saturated carbocycles. The first-order chi connectivity index (χ1) is 9.01. The summed E-state index contributed by atoms with van der Waals surface area (Å²) in [6.45, 7) is 10.2. The van der Waals surface area contributed by atoms with Gasteiger partial charge < -0.3 is 10.1 Å². The molecule has 1 heterocycles. The molecule has 1 N–H and O–H groups in total. The van der Waals surface area contributed by atoms with Crippen molar-refractivity contribution in [3.05, 3.63) is 5.01 Å². The first kappa shape index (κ1) is 16.4. The highest BCUT2D eigenvalue weighted by Gasteiger charge is 2.11. The van der Waals surface area contributed by atoms with Gasteiger partial charge in [0.05, 0.1) is 13.2 Å². The van der Waals surface area contributed by atoms with Crippen molar-refractivity contribution >= 4 is 11.3 Å². The second-order valence-electron chi connectivity index (χ2n) is 5.83. The van der Waals surface area contributed by atoms with Crippen molar-refractivity contribution in [2.45, 2.75) is 71.9 Å². The van der Waals surface area contributed by atoms with Gasteiger partial charge in [0, 0.05) is 5.54 Å². The van der Waals surface area contributed by atoms with Crippen LogP contribution in [0.3, 0.4) is 0 Å². The number of nitrogens with one attached hydrogen (secondary N) is 1. The fourth-order valence-corrected chi connectivity index (χ4v) is 2.23. The molecule has 0 bridgehead atoms. The van der Waals surface area contributed by atoms with Gasteiger partial charge in [0.1, 0.15) is 5.01 Å². The monoisotopic (exact) mass is 285 g/mol. The summed E-state index contributed by atoms with van der Waals surface area (Å²) in [6, 6.07) is 0. The molecule has 5 heteroatoms. The normalized spacial score (nSPS) is 11.8. The van der Waals surface area contributed by atoms with Crippen LogP contribution >= 0.6 is 11.3 Å². The van der Waals surface area contributed by atoms with Crippen LogP contribution in [0.15, 0.2) is 0 Å². The Morgan fingerprint density at radius 3 is 2.53 bits per heavy atom. The summed E-state index contributed by atoms with van der Waals surface area (Å²) in [7, 11) is 0. The first-order valence-corrected chi connectivity index (χ1v) is 8.03. The Bertz CT molecular complexity index is 347. The Balaban J connectivity index is 2.16. The van der Waals surface area contributed by atoms with E-state index in [4.69, 9.17) is 4.74 Å². The maximum Gasteiger partial charge on any atom is 0.294 e. The van der Waals surface area contributed by atoms with Crippen LogP contribution in [0.2, 0.25) is 0 Å². The van der Waals surface area contributed by atoms with Crippen LogP contribution in [0, 0.1) is 0 Å². The molecule has 0 spiro atoms. The minimum atomic E-state index is 0.103. The van der Waals surface area contributed by atoms with Crippen LogP contribution in [-0.2, 0) is 6.54 Å². The minimum absolute atomic E-state index is 0.103. The number of unbranched alkanes of at least 4 members (excludes halogenated alkanes) is 4. The molecule has 0 aliphatic carbocycles. The van der Waals surface area contributed by atoms with E-state index in [-0.39, 0.29) is 5.54 Å². The van der Waals surface area contributed by atoms with Crippen LogP contribution < -0.4 is 10.1 Å². The molecule has 110 valence electrons. The van der Waals surface area contributed by atoms with Gasteiger partial charge in [-0.25, -0.2) is 0 Å². The molecular weight excluding hydrogens is 258 g/mol. The van der Waals surface area contributed by atoms with Crippen molar-refractivity contribution in [1.82, 2.24) is 15.5 Å². The standard InChI is InChI=1S/C14H27N3OS/c1-5-6-7-8-9-10-18-13-17-16-12(19-13)11-15-14(2,3)4/h15H,5-11H2,1-4H3. The van der Waals surface area contributed by atoms with Crippen molar-refractivity contribution in [3.63, 3.8) is 0 Å². The summed E-state index contributed by atoms with van der Waals surface area (Å²) in [6.07, 6.45) is 6.25. The molecule has 0 radical (unpaired) electrons. The molecule has 0 saturated heterocycles. The SMILES string of the molecule is CCCCCCCOc1nnc(CNC(C)(C)C)s1. The number of rotatable bonds is 9. The van der Waals surface area contributed by atoms with Crippen LogP contribution in [-0.4, -0.2) is 22.3 Å². The van der Waals surface area contributed by atoms with Gasteiger partial charge in [0.2, 0.25) is 0 Å². The molecular formula is C14H27N3OS. The van der Waals surface area contributed by atoms with E-state index in [1.807, 2.05) is 0 Å². The van der Waals surface area contributed by atoms with Gasteiger partial charge in [-0.05, 0) is 27.2 Å². The van der Waals surface area contributed by atoms with Crippen LogP contribution in [0.5, 0.6) is 5.19 Å². The second kappa shape index (κ2) is 8.48. The van der Waals surface area contributed by atoms with E-state index in [0.29, 0.717) is 5.19 Å². The first-order valence-electron chi connectivity index (χ1n) is 7.21. The maximum absolute atomic E-state index is 5.62. The number of aromatic nitrogens is 2. The van der Waals surface area contributed by atoms with E-state index >= 15 is 0 Å². The third-order valence-corrected chi connectivity index (χ3v) is 3.53. The second-order valence-corrected chi connectivity index (χ2v) is 6.85. The lowest BCUT2D eigenvalue weighted by molar-refractivity contribution is 0.300. The van der Waals surface area contributed by atoms with Crippen LogP contribution in [0.4, 0.5) is 0 Å². The van der Waals surface area contributed by atoms with Gasteiger partial charge in [-0.2, -0.15) is 0 Å². The number of nitrogens with zero attached hydrogens (tertiary/aromatic N) is 2. The molecule has 1 aromatic rings. The lowest BCUT2D eigenvalue weighted by Gasteiger charge is -2.19. The van der Waals surface area contributed by atoms with Crippen LogP contribution in [0.25, 0.3) is 0 Å². The van der Waals surface area contributed by atoms with Crippen LogP contribution in [0.1, 0.15) is 64.8 Å². The van der Waals surface area contributed by atoms with E-state index in [9.17, 15) is 0 Å². The maximum atomic E-state index is 5.62. The largest absolute Gasteiger partial charge is 0.469 e. The van der Waals surface area contributed by atoms with Gasteiger partial charge in [-0.1, -0.05) is 43.9 Å². The van der Waals surface area contributed by atoms with Crippen molar-refractivity contribution in [2.75, 3.05) is 6.61 Å². The number of ether oxygens (including phenoxy) is 1. The van der Waals surface area contributed by atoms with Gasteiger partial charge in [0.25, 0.3) is 5.19 Å². The lowest BCUT2D eigenvalue weighted by atomic mass is 10.1. The van der Waals surface area contributed by atoms with Crippen molar-refractivity contribution < 1.29 is 4.74 Å². The van der Waals surface area contributed by atoms with Crippen molar-refractivity contribution in [1.29, 1.82) is 0 Å². The molecule has 1 rings (SSSR count). The lowest BCUT2D eigenvalue weighted by Crippen LogP contribution is -2.35. The van der Waals surface area contributed by atoms with Gasteiger partial charge in [0.15, 0.2) is 0 Å². The predicted octanol–water partition coefficient (Wildman–Crippen LogP) is 3.78. The zero-order valence-electron chi connectivity index (χ0n) is 12.7. The average molecular weight is 285 g/mol. The Labute approximate surface area is 121 Å². The highest BCUT2D eigenvalue weighted by atomic mass is 32.1. The quantitative estimate of drug-likeness (QED) is 0.701. The van der Waals surface area contributed by atoms with E-state index in [1.54, 1.807) is 0 Å². The Morgan fingerprint density at radius 1 is 1.11 bits per heavy atom. The topological polar surface area (TPSA) is 47.0 Å². The molecule has 0 aliphatic rings. The summed E-state index contributed by atoms with van der Waals surface area (Å²) >= 11 is 1.53. The molecule has 0 fully saturated rings. The molecule has 4 nitrogen and oxygen atoms in total. The zero-order valence-corrected chi connectivity index (χ0v) is 13.5. The third kappa shape index (κ3) is 8.16. The third-order valence-electron chi connectivity index (χ3n) is 2.69. The Morgan fingerprint density at radius 2 is 1.84 bits per heavy atom. The molecule has 0 aromatic carbocycles. The predicted molar refractivity (Wildman–Crippen MR) is 80.8 cm³/mol. The molecule has 0 unspecified atom stereocenters. The van der Waals surface area contributed by atoms with Crippen molar-refractivity contribution in [2.24, 2.45) is 0 Å². The minimum Gasteiger partial charge on any atom is -0.469 e. The van der Waals surface area contributed by atoms with Gasteiger partial charge in [-0.15, -0.1) is 10.2 Å². The van der Waals surface area contributed by atoms with Gasteiger partial charge >= 0.3 is 0 Å². The molecule has 0 amide bonds. The van der Waals surface area contributed by atoms with Gasteiger partial charge in [-0.3, -0.25) is 0 Å². The van der Waals surface area contributed by atoms with E-state index in [0.717, 1.165) is 24.6 Å². The highest BCUT2D eigenvalue weighted by Crippen LogP contribution is 2.18. The Kier molecular flexibility index (Phi) is 7.31. The Hall–Kier alpha value is -0.680. The van der Waals surface area contributed by atoms with E-state index < -0.39 is 0 Å². The number of hydrogen-bond acceptors (Lipinski definition) is 5. The molecule has 0 atom stereocenters. The average Bonchev–Trinajstić information content (AvgIpc) is 2.78. The fourth-order valence-electron chi connectivity index (χ4n) is 1.57. The zero-order chi connectivity index (χ0) is 14.1. The molecule has 1 aromatic heterocycles. The van der Waals surface area contributed by atoms with Crippen molar-refractivity contribution in [3.8, 4) is 5.19 Å². The fraction of sp³-hybridized carbons (Fsp3) is 0.857. The summed E-state index contributed by atoms with van der Waals surface area (Å²) in [5, 5.41) is 13.3. The summed E-state index contributed by atoms with van der Waals surface area (Å²) in [4.78, 5) is 0. The summed E-state index contributed by atoms with van der Waals surface area (Å²) < 4.78 is 5.62. The van der Waals surface area contributed by atoms with E-state index in [2.05, 4.69) is 43.2 Å². The summed E-state index contributed by atoms with van der Waals surface area (Å²) in [5.74, 6) is 0.